The first-order chi connectivity index (χ1) is 9.91. The van der Waals surface area contributed by atoms with Gasteiger partial charge in [-0.3, -0.25) is 10.2 Å². The fourth-order valence-electron chi connectivity index (χ4n) is 1.42. The Morgan fingerprint density at radius 2 is 1.86 bits per heavy atom. The van der Waals surface area contributed by atoms with Crippen LogP contribution in [0.3, 0.4) is 0 Å². The van der Waals surface area contributed by atoms with Gasteiger partial charge >= 0.3 is 0 Å². The third kappa shape index (κ3) is 3.49. The normalized spacial score (nSPS) is 11.1. The first kappa shape index (κ1) is 16.1. The summed E-state index contributed by atoms with van der Waals surface area (Å²) in [6, 6.07) is 3.18. The van der Waals surface area contributed by atoms with E-state index < -0.39 is 5.56 Å². The van der Waals surface area contributed by atoms with Gasteiger partial charge in [0.25, 0.3) is 5.56 Å². The summed E-state index contributed by atoms with van der Waals surface area (Å²) in [6.07, 6.45) is 2.76. The molecule has 0 saturated carbocycles. The zero-order valence-electron chi connectivity index (χ0n) is 10.6. The van der Waals surface area contributed by atoms with Crippen LogP contribution in [0.1, 0.15) is 5.56 Å². The van der Waals surface area contributed by atoms with E-state index in [4.69, 9.17) is 46.4 Å². The van der Waals surface area contributed by atoms with E-state index in [-0.39, 0.29) is 15.7 Å². The molecular weight excluding hydrogens is 358 g/mol. The Balaban J connectivity index is 2.27. The number of aromatic nitrogens is 2. The molecule has 0 saturated heterocycles. The van der Waals surface area contributed by atoms with Crippen molar-refractivity contribution in [3.8, 4) is 0 Å². The lowest BCUT2D eigenvalue weighted by atomic mass is 10.2. The van der Waals surface area contributed by atoms with Crippen LogP contribution in [-0.2, 0) is 7.05 Å². The van der Waals surface area contributed by atoms with E-state index in [1.54, 1.807) is 12.1 Å². The molecule has 2 rings (SSSR count). The molecule has 21 heavy (non-hydrogen) atoms. The fraction of sp³-hybridized carbons (Fsp3) is 0.0833. The van der Waals surface area contributed by atoms with E-state index in [9.17, 15) is 4.79 Å². The van der Waals surface area contributed by atoms with Crippen molar-refractivity contribution in [2.45, 2.75) is 0 Å². The maximum absolute atomic E-state index is 11.6. The maximum atomic E-state index is 11.6. The Bertz CT molecular complexity index is 773. The molecule has 0 aliphatic carbocycles. The largest absolute Gasteiger partial charge is 0.287 e. The summed E-state index contributed by atoms with van der Waals surface area (Å²) in [5, 5.41) is 8.76. The van der Waals surface area contributed by atoms with Crippen molar-refractivity contribution in [2.75, 3.05) is 5.43 Å². The molecule has 1 aromatic heterocycles. The van der Waals surface area contributed by atoms with Gasteiger partial charge in [0.15, 0.2) is 0 Å². The van der Waals surface area contributed by atoms with Crippen molar-refractivity contribution in [3.63, 3.8) is 0 Å². The number of aryl methyl sites for hydroxylation is 1. The van der Waals surface area contributed by atoms with E-state index in [2.05, 4.69) is 15.6 Å². The van der Waals surface area contributed by atoms with Gasteiger partial charge < -0.3 is 0 Å². The summed E-state index contributed by atoms with van der Waals surface area (Å²) in [6.45, 7) is 0. The molecule has 0 radical (unpaired) electrons. The summed E-state index contributed by atoms with van der Waals surface area (Å²) < 4.78 is 1.11. The summed E-state index contributed by atoms with van der Waals surface area (Å²) >= 11 is 23.8. The quantitative estimate of drug-likeness (QED) is 0.510. The zero-order chi connectivity index (χ0) is 15.6. The van der Waals surface area contributed by atoms with E-state index in [0.717, 1.165) is 4.68 Å². The van der Waals surface area contributed by atoms with Gasteiger partial charge in [-0.2, -0.15) is 10.2 Å². The van der Waals surface area contributed by atoms with Gasteiger partial charge in [0.1, 0.15) is 10.7 Å². The molecule has 0 unspecified atom stereocenters. The number of benzene rings is 1. The Morgan fingerprint density at radius 1 is 1.19 bits per heavy atom. The van der Waals surface area contributed by atoms with Gasteiger partial charge in [0.2, 0.25) is 0 Å². The van der Waals surface area contributed by atoms with Crippen molar-refractivity contribution in [2.24, 2.45) is 12.1 Å². The van der Waals surface area contributed by atoms with Gasteiger partial charge in [-0.05, 0) is 12.1 Å². The average molecular weight is 366 g/mol. The number of anilines is 1. The maximum Gasteiger partial charge on any atom is 0.287 e. The van der Waals surface area contributed by atoms with Gasteiger partial charge in [0.05, 0.1) is 27.5 Å². The van der Waals surface area contributed by atoms with Crippen molar-refractivity contribution in [1.29, 1.82) is 0 Å². The van der Waals surface area contributed by atoms with Crippen molar-refractivity contribution >= 4 is 58.3 Å². The third-order valence-electron chi connectivity index (χ3n) is 2.54. The van der Waals surface area contributed by atoms with Gasteiger partial charge in [-0.1, -0.05) is 46.4 Å². The van der Waals surface area contributed by atoms with Crippen molar-refractivity contribution in [3.05, 3.63) is 54.3 Å². The average Bonchev–Trinajstić information content (AvgIpc) is 2.46. The third-order valence-corrected chi connectivity index (χ3v) is 4.05. The fourth-order valence-corrected chi connectivity index (χ4v) is 2.26. The van der Waals surface area contributed by atoms with E-state index in [0.29, 0.717) is 15.6 Å². The predicted octanol–water partition coefficient (Wildman–Crippen LogP) is 3.84. The Morgan fingerprint density at radius 3 is 2.57 bits per heavy atom. The van der Waals surface area contributed by atoms with Gasteiger partial charge in [0, 0.05) is 12.6 Å². The minimum absolute atomic E-state index is 0.0204. The molecule has 1 aromatic carbocycles. The summed E-state index contributed by atoms with van der Waals surface area (Å²) in [7, 11) is 1.49. The van der Waals surface area contributed by atoms with Crippen molar-refractivity contribution in [1.82, 2.24) is 9.78 Å². The monoisotopic (exact) mass is 364 g/mol. The van der Waals surface area contributed by atoms with Crippen LogP contribution in [0.4, 0.5) is 5.69 Å². The highest BCUT2D eigenvalue weighted by molar-refractivity contribution is 6.45. The number of nitrogens with one attached hydrogen (secondary N) is 1. The van der Waals surface area contributed by atoms with Crippen LogP contribution >= 0.6 is 46.4 Å². The minimum Gasteiger partial charge on any atom is -0.275 e. The molecule has 1 heterocycles. The molecule has 0 atom stereocenters. The molecule has 1 N–H and O–H groups in total. The number of hydrazone groups is 1. The number of rotatable bonds is 3. The molecule has 0 spiro atoms. The number of hydrogen-bond acceptors (Lipinski definition) is 4. The van der Waals surface area contributed by atoms with Crippen LogP contribution < -0.4 is 11.0 Å². The Labute approximate surface area is 140 Å². The van der Waals surface area contributed by atoms with Crippen LogP contribution in [0.5, 0.6) is 0 Å². The van der Waals surface area contributed by atoms with Gasteiger partial charge in [-0.15, -0.1) is 0 Å². The first-order valence-corrected chi connectivity index (χ1v) is 7.07. The minimum atomic E-state index is -0.435. The molecule has 0 amide bonds. The van der Waals surface area contributed by atoms with Gasteiger partial charge in [-0.25, -0.2) is 4.68 Å². The molecule has 0 fully saturated rings. The van der Waals surface area contributed by atoms with E-state index in [1.165, 1.54) is 19.5 Å². The molecule has 0 aliphatic heterocycles. The Kier molecular flexibility index (Phi) is 5.11. The number of halogens is 4. The summed E-state index contributed by atoms with van der Waals surface area (Å²) in [5.41, 5.74) is 2.89. The molecule has 0 aliphatic rings. The molecule has 5 nitrogen and oxygen atoms in total. The summed E-state index contributed by atoms with van der Waals surface area (Å²) in [5.74, 6) is 0. The topological polar surface area (TPSA) is 59.3 Å². The highest BCUT2D eigenvalue weighted by Gasteiger charge is 2.08. The molecule has 0 bridgehead atoms. The Hall–Kier alpha value is -1.27. The smallest absolute Gasteiger partial charge is 0.275 e. The highest BCUT2D eigenvalue weighted by atomic mass is 35.5. The second-order valence-corrected chi connectivity index (χ2v) is 5.50. The lowest BCUT2D eigenvalue weighted by Gasteiger charge is -2.05. The van der Waals surface area contributed by atoms with Crippen LogP contribution in [0.15, 0.2) is 28.2 Å². The second kappa shape index (κ2) is 6.66. The van der Waals surface area contributed by atoms with Crippen LogP contribution in [-0.4, -0.2) is 16.0 Å². The standard InChI is InChI=1S/C12H8Cl4N4O/c1-20-12(21)11(16)9(5-18-20)19-17-4-6-7(13)2-3-8(14)10(6)15/h2-5,19H,1H3/b17-4-. The zero-order valence-corrected chi connectivity index (χ0v) is 13.6. The molecular formula is C12H8Cl4N4O. The van der Waals surface area contributed by atoms with Crippen molar-refractivity contribution < 1.29 is 0 Å². The highest BCUT2D eigenvalue weighted by Crippen LogP contribution is 2.30. The van der Waals surface area contributed by atoms with Crippen LogP contribution in [0, 0.1) is 0 Å². The second-order valence-electron chi connectivity index (χ2n) is 3.93. The molecule has 9 heteroatoms. The lowest BCUT2D eigenvalue weighted by Crippen LogP contribution is -2.20. The first-order valence-electron chi connectivity index (χ1n) is 5.56. The van der Waals surface area contributed by atoms with E-state index >= 15 is 0 Å². The molecule has 2 aromatic rings. The number of nitrogens with zero attached hydrogens (tertiary/aromatic N) is 3. The lowest BCUT2D eigenvalue weighted by molar-refractivity contribution is 0.708. The summed E-state index contributed by atoms with van der Waals surface area (Å²) in [4.78, 5) is 11.6. The van der Waals surface area contributed by atoms with Crippen LogP contribution in [0.2, 0.25) is 20.1 Å². The molecule has 110 valence electrons. The predicted molar refractivity (Wildman–Crippen MR) is 87.2 cm³/mol. The van der Waals surface area contributed by atoms with Crippen LogP contribution in [0.25, 0.3) is 0 Å². The SMILES string of the molecule is Cn1ncc(N/N=C\c2c(Cl)ccc(Cl)c2Cl)c(Cl)c1=O. The van der Waals surface area contributed by atoms with E-state index in [1.807, 2.05) is 0 Å². The number of hydrogen-bond donors (Lipinski definition) is 1.